The third-order valence-corrected chi connectivity index (χ3v) is 4.51. The van der Waals surface area contributed by atoms with Crippen molar-refractivity contribution in [3.63, 3.8) is 0 Å². The second-order valence-electron chi connectivity index (χ2n) is 6.55. The Kier molecular flexibility index (Phi) is 10.0. The molecular formula is C20H33ClN2O. The SMILES string of the molecule is CCCCN(C)CC(C(=O)N(CCC)CCC)c1ccc(Cl)cc1. The van der Waals surface area contributed by atoms with Gasteiger partial charge in [0, 0.05) is 24.7 Å². The van der Waals surface area contributed by atoms with Gasteiger partial charge < -0.3 is 9.80 Å². The molecule has 0 radical (unpaired) electrons. The Hall–Kier alpha value is -1.06. The van der Waals surface area contributed by atoms with Gasteiger partial charge in [-0.3, -0.25) is 4.79 Å². The van der Waals surface area contributed by atoms with E-state index in [-0.39, 0.29) is 11.8 Å². The average molecular weight is 353 g/mol. The molecule has 1 amide bonds. The summed E-state index contributed by atoms with van der Waals surface area (Å²) in [5, 5.41) is 0.711. The highest BCUT2D eigenvalue weighted by Crippen LogP contribution is 2.22. The summed E-state index contributed by atoms with van der Waals surface area (Å²) in [6.07, 6.45) is 4.31. The molecule has 0 aliphatic heterocycles. The number of carbonyl (C=O) groups is 1. The first-order valence-electron chi connectivity index (χ1n) is 9.26. The van der Waals surface area contributed by atoms with E-state index in [2.05, 4.69) is 32.7 Å². The van der Waals surface area contributed by atoms with Crippen molar-refractivity contribution < 1.29 is 4.79 Å². The lowest BCUT2D eigenvalue weighted by molar-refractivity contribution is -0.133. The summed E-state index contributed by atoms with van der Waals surface area (Å²) in [7, 11) is 2.11. The molecule has 0 spiro atoms. The summed E-state index contributed by atoms with van der Waals surface area (Å²) in [6.45, 7) is 9.88. The Morgan fingerprint density at radius 1 is 1.00 bits per heavy atom. The van der Waals surface area contributed by atoms with Crippen molar-refractivity contribution in [2.45, 2.75) is 52.4 Å². The summed E-state index contributed by atoms with van der Waals surface area (Å²) in [5.41, 5.74) is 1.06. The topological polar surface area (TPSA) is 23.6 Å². The van der Waals surface area contributed by atoms with E-state index in [1.165, 1.54) is 6.42 Å². The molecule has 24 heavy (non-hydrogen) atoms. The van der Waals surface area contributed by atoms with Gasteiger partial charge in [-0.05, 0) is 50.6 Å². The van der Waals surface area contributed by atoms with Crippen LogP contribution in [0.15, 0.2) is 24.3 Å². The minimum absolute atomic E-state index is 0.123. The monoisotopic (exact) mass is 352 g/mol. The van der Waals surface area contributed by atoms with Crippen LogP contribution in [0.4, 0.5) is 0 Å². The Morgan fingerprint density at radius 2 is 1.58 bits per heavy atom. The Bertz CT molecular complexity index is 469. The number of benzene rings is 1. The van der Waals surface area contributed by atoms with E-state index in [0.717, 1.165) is 51.0 Å². The van der Waals surface area contributed by atoms with Crippen LogP contribution in [0.2, 0.25) is 5.02 Å². The second-order valence-corrected chi connectivity index (χ2v) is 6.98. The third-order valence-electron chi connectivity index (χ3n) is 4.26. The van der Waals surface area contributed by atoms with E-state index in [1.54, 1.807) is 0 Å². The number of hydrogen-bond donors (Lipinski definition) is 0. The summed E-state index contributed by atoms with van der Waals surface area (Å²) in [6, 6.07) is 7.75. The number of rotatable bonds is 11. The van der Waals surface area contributed by atoms with Crippen molar-refractivity contribution >= 4 is 17.5 Å². The highest BCUT2D eigenvalue weighted by atomic mass is 35.5. The third kappa shape index (κ3) is 6.82. The number of unbranched alkanes of at least 4 members (excludes halogenated alkanes) is 1. The molecule has 0 aliphatic carbocycles. The van der Waals surface area contributed by atoms with Crippen molar-refractivity contribution in [3.05, 3.63) is 34.9 Å². The van der Waals surface area contributed by atoms with E-state index in [0.29, 0.717) is 5.02 Å². The molecule has 1 aromatic carbocycles. The van der Waals surface area contributed by atoms with Gasteiger partial charge in [0.1, 0.15) is 0 Å². The van der Waals surface area contributed by atoms with Gasteiger partial charge in [0.25, 0.3) is 0 Å². The van der Waals surface area contributed by atoms with Crippen molar-refractivity contribution in [2.24, 2.45) is 0 Å². The summed E-state index contributed by atoms with van der Waals surface area (Å²) < 4.78 is 0. The number of hydrogen-bond acceptors (Lipinski definition) is 2. The lowest BCUT2D eigenvalue weighted by Crippen LogP contribution is -2.40. The zero-order valence-electron chi connectivity index (χ0n) is 15.7. The molecule has 0 aliphatic rings. The first kappa shape index (κ1) is 21.0. The van der Waals surface area contributed by atoms with E-state index < -0.39 is 0 Å². The molecule has 1 unspecified atom stereocenters. The maximum absolute atomic E-state index is 13.2. The fourth-order valence-electron chi connectivity index (χ4n) is 2.94. The van der Waals surface area contributed by atoms with Gasteiger partial charge in [-0.25, -0.2) is 0 Å². The molecule has 0 fully saturated rings. The summed E-state index contributed by atoms with van der Waals surface area (Å²) in [5.74, 6) is 0.117. The van der Waals surface area contributed by atoms with Gasteiger partial charge in [-0.1, -0.05) is 50.9 Å². The zero-order valence-corrected chi connectivity index (χ0v) is 16.5. The molecule has 0 bridgehead atoms. The van der Waals surface area contributed by atoms with E-state index in [4.69, 9.17) is 11.6 Å². The number of nitrogens with zero attached hydrogens (tertiary/aromatic N) is 2. The highest BCUT2D eigenvalue weighted by Gasteiger charge is 2.26. The van der Waals surface area contributed by atoms with Crippen LogP contribution in [-0.4, -0.2) is 48.9 Å². The molecule has 136 valence electrons. The van der Waals surface area contributed by atoms with Crippen LogP contribution in [-0.2, 0) is 4.79 Å². The van der Waals surface area contributed by atoms with Gasteiger partial charge in [-0.2, -0.15) is 0 Å². The summed E-state index contributed by atoms with van der Waals surface area (Å²) >= 11 is 6.03. The molecule has 0 aromatic heterocycles. The highest BCUT2D eigenvalue weighted by molar-refractivity contribution is 6.30. The quantitative estimate of drug-likeness (QED) is 0.571. The van der Waals surface area contributed by atoms with E-state index >= 15 is 0 Å². The predicted octanol–water partition coefficient (Wildman–Crippen LogP) is 4.80. The molecule has 4 heteroatoms. The maximum Gasteiger partial charge on any atom is 0.231 e. The zero-order chi connectivity index (χ0) is 17.9. The van der Waals surface area contributed by atoms with Crippen LogP contribution in [0.25, 0.3) is 0 Å². The molecular weight excluding hydrogens is 320 g/mol. The normalized spacial score (nSPS) is 12.4. The smallest absolute Gasteiger partial charge is 0.231 e. The molecule has 3 nitrogen and oxygen atoms in total. The minimum Gasteiger partial charge on any atom is -0.342 e. The van der Waals surface area contributed by atoms with Gasteiger partial charge in [0.05, 0.1) is 5.92 Å². The molecule has 0 heterocycles. The number of halogens is 1. The van der Waals surface area contributed by atoms with Crippen molar-refractivity contribution in [3.8, 4) is 0 Å². The van der Waals surface area contributed by atoms with Crippen molar-refractivity contribution in [1.82, 2.24) is 9.80 Å². The van der Waals surface area contributed by atoms with Gasteiger partial charge >= 0.3 is 0 Å². The fraction of sp³-hybridized carbons (Fsp3) is 0.650. The number of amides is 1. The predicted molar refractivity (Wildman–Crippen MR) is 104 cm³/mol. The number of likely N-dealkylation sites (N-methyl/N-ethyl adjacent to an activating group) is 1. The van der Waals surface area contributed by atoms with Gasteiger partial charge in [-0.15, -0.1) is 0 Å². The Morgan fingerprint density at radius 3 is 2.08 bits per heavy atom. The molecule has 1 rings (SSSR count). The standard InChI is InChI=1S/C20H33ClN2O/c1-5-8-15-22(4)16-19(17-9-11-18(21)12-10-17)20(24)23(13-6-2)14-7-3/h9-12,19H,5-8,13-16H2,1-4H3. The molecule has 0 N–H and O–H groups in total. The fourth-order valence-corrected chi connectivity index (χ4v) is 3.07. The minimum atomic E-state index is -0.123. The molecule has 0 saturated heterocycles. The second kappa shape index (κ2) is 11.5. The van der Waals surface area contributed by atoms with E-state index in [1.807, 2.05) is 29.2 Å². The molecule has 1 aromatic rings. The average Bonchev–Trinajstić information content (AvgIpc) is 2.58. The lowest BCUT2D eigenvalue weighted by atomic mass is 9.96. The maximum atomic E-state index is 13.2. The summed E-state index contributed by atoms with van der Waals surface area (Å²) in [4.78, 5) is 17.5. The van der Waals surface area contributed by atoms with Crippen molar-refractivity contribution in [1.29, 1.82) is 0 Å². The lowest BCUT2D eigenvalue weighted by Gasteiger charge is -2.30. The van der Waals surface area contributed by atoms with Crippen LogP contribution in [0, 0.1) is 0 Å². The molecule has 0 saturated carbocycles. The van der Waals surface area contributed by atoms with Crippen LogP contribution in [0.1, 0.15) is 57.9 Å². The largest absolute Gasteiger partial charge is 0.342 e. The van der Waals surface area contributed by atoms with Crippen LogP contribution < -0.4 is 0 Å². The first-order valence-corrected chi connectivity index (χ1v) is 9.64. The van der Waals surface area contributed by atoms with Crippen molar-refractivity contribution in [2.75, 3.05) is 33.2 Å². The van der Waals surface area contributed by atoms with E-state index in [9.17, 15) is 4.79 Å². The van der Waals surface area contributed by atoms with Crippen LogP contribution in [0.5, 0.6) is 0 Å². The first-order chi connectivity index (χ1) is 11.5. The molecule has 1 atom stereocenters. The Labute approximate surface area is 153 Å². The van der Waals surface area contributed by atoms with Gasteiger partial charge in [0.2, 0.25) is 5.91 Å². The van der Waals surface area contributed by atoms with Gasteiger partial charge in [0.15, 0.2) is 0 Å². The Balaban J connectivity index is 2.97. The number of carbonyl (C=O) groups excluding carboxylic acids is 1. The van der Waals surface area contributed by atoms with Crippen LogP contribution >= 0.6 is 11.6 Å². The van der Waals surface area contributed by atoms with Crippen LogP contribution in [0.3, 0.4) is 0 Å².